The predicted octanol–water partition coefficient (Wildman–Crippen LogP) is 0.610. The van der Waals surface area contributed by atoms with E-state index >= 15 is 0 Å². The van der Waals surface area contributed by atoms with Crippen LogP contribution in [0.5, 0.6) is 0 Å². The Morgan fingerprint density at radius 2 is 2.07 bits per heavy atom. The molecule has 0 aromatic carbocycles. The lowest BCUT2D eigenvalue weighted by Crippen LogP contribution is -2.29. The van der Waals surface area contributed by atoms with Crippen LogP contribution in [0.3, 0.4) is 0 Å². The SMILES string of the molecule is CC(C)NC(=O)C#CCN1CCCC1. The van der Waals surface area contributed by atoms with E-state index in [-0.39, 0.29) is 11.9 Å². The zero-order valence-electron chi connectivity index (χ0n) is 8.97. The van der Waals surface area contributed by atoms with Crippen molar-refractivity contribution >= 4 is 5.91 Å². The van der Waals surface area contributed by atoms with E-state index in [1.807, 2.05) is 13.8 Å². The lowest BCUT2D eigenvalue weighted by atomic mass is 10.4. The van der Waals surface area contributed by atoms with Gasteiger partial charge in [0.05, 0.1) is 6.54 Å². The van der Waals surface area contributed by atoms with Crippen molar-refractivity contribution in [2.24, 2.45) is 0 Å². The molecule has 1 rings (SSSR count). The van der Waals surface area contributed by atoms with E-state index in [4.69, 9.17) is 0 Å². The molecule has 0 aromatic heterocycles. The molecular weight excluding hydrogens is 176 g/mol. The third-order valence-corrected chi connectivity index (χ3v) is 2.12. The summed E-state index contributed by atoms with van der Waals surface area (Å²) in [5, 5.41) is 2.74. The van der Waals surface area contributed by atoms with Crippen molar-refractivity contribution < 1.29 is 4.79 Å². The molecule has 0 aliphatic carbocycles. The highest BCUT2D eigenvalue weighted by molar-refractivity contribution is 5.93. The number of hydrogen-bond acceptors (Lipinski definition) is 2. The third kappa shape index (κ3) is 4.29. The number of nitrogens with zero attached hydrogens (tertiary/aromatic N) is 1. The van der Waals surface area contributed by atoms with Gasteiger partial charge >= 0.3 is 0 Å². The summed E-state index contributed by atoms with van der Waals surface area (Å²) in [7, 11) is 0. The van der Waals surface area contributed by atoms with Crippen molar-refractivity contribution in [3.8, 4) is 11.8 Å². The second kappa shape index (κ2) is 5.66. The number of amides is 1. The zero-order valence-corrected chi connectivity index (χ0v) is 8.97. The molecule has 1 saturated heterocycles. The van der Waals surface area contributed by atoms with Crippen molar-refractivity contribution in [3.63, 3.8) is 0 Å². The van der Waals surface area contributed by atoms with Gasteiger partial charge in [-0.2, -0.15) is 0 Å². The quantitative estimate of drug-likeness (QED) is 0.653. The van der Waals surface area contributed by atoms with Gasteiger partial charge in [0.25, 0.3) is 5.91 Å². The topological polar surface area (TPSA) is 32.3 Å². The average Bonchev–Trinajstić information content (AvgIpc) is 2.55. The normalized spacial score (nSPS) is 16.5. The van der Waals surface area contributed by atoms with Crippen LogP contribution >= 0.6 is 0 Å². The smallest absolute Gasteiger partial charge is 0.296 e. The Labute approximate surface area is 85.9 Å². The first-order valence-corrected chi connectivity index (χ1v) is 5.20. The van der Waals surface area contributed by atoms with Gasteiger partial charge in [0.15, 0.2) is 0 Å². The van der Waals surface area contributed by atoms with Crippen LogP contribution in [-0.2, 0) is 4.79 Å². The van der Waals surface area contributed by atoms with Gasteiger partial charge in [0.1, 0.15) is 0 Å². The number of hydrogen-bond donors (Lipinski definition) is 1. The number of rotatable bonds is 2. The van der Waals surface area contributed by atoms with Crippen LogP contribution in [0.25, 0.3) is 0 Å². The maximum atomic E-state index is 11.1. The summed E-state index contributed by atoms with van der Waals surface area (Å²) in [6.07, 6.45) is 2.53. The maximum Gasteiger partial charge on any atom is 0.296 e. The van der Waals surface area contributed by atoms with E-state index in [1.165, 1.54) is 12.8 Å². The third-order valence-electron chi connectivity index (χ3n) is 2.12. The Hall–Kier alpha value is -1.01. The van der Waals surface area contributed by atoms with Gasteiger partial charge in [-0.1, -0.05) is 5.92 Å². The number of carbonyl (C=O) groups is 1. The maximum absolute atomic E-state index is 11.1. The van der Waals surface area contributed by atoms with Crippen LogP contribution in [0.1, 0.15) is 26.7 Å². The molecule has 0 aromatic rings. The van der Waals surface area contributed by atoms with Crippen LogP contribution < -0.4 is 5.32 Å². The molecule has 0 unspecified atom stereocenters. The van der Waals surface area contributed by atoms with Crippen molar-refractivity contribution in [2.45, 2.75) is 32.7 Å². The zero-order chi connectivity index (χ0) is 10.4. The van der Waals surface area contributed by atoms with Crippen LogP contribution in [0, 0.1) is 11.8 Å². The summed E-state index contributed by atoms with van der Waals surface area (Å²) in [6, 6.07) is 0.170. The number of carbonyl (C=O) groups excluding carboxylic acids is 1. The minimum Gasteiger partial charge on any atom is -0.343 e. The largest absolute Gasteiger partial charge is 0.343 e. The average molecular weight is 194 g/mol. The second-order valence-corrected chi connectivity index (χ2v) is 3.91. The van der Waals surface area contributed by atoms with Gasteiger partial charge in [-0.15, -0.1) is 0 Å². The Bertz CT molecular complexity index is 244. The summed E-state index contributed by atoms with van der Waals surface area (Å²) in [6.45, 7) is 6.84. The van der Waals surface area contributed by atoms with Crippen LogP contribution in [0.2, 0.25) is 0 Å². The summed E-state index contributed by atoms with van der Waals surface area (Å²) in [4.78, 5) is 13.4. The fraction of sp³-hybridized carbons (Fsp3) is 0.727. The second-order valence-electron chi connectivity index (χ2n) is 3.91. The highest BCUT2D eigenvalue weighted by Crippen LogP contribution is 2.05. The first-order chi connectivity index (χ1) is 6.68. The van der Waals surface area contributed by atoms with Gasteiger partial charge in [-0.25, -0.2) is 0 Å². The summed E-state index contributed by atoms with van der Waals surface area (Å²) < 4.78 is 0. The van der Waals surface area contributed by atoms with Crippen molar-refractivity contribution in [2.75, 3.05) is 19.6 Å². The molecule has 14 heavy (non-hydrogen) atoms. The predicted molar refractivity (Wildman–Crippen MR) is 56.7 cm³/mol. The monoisotopic (exact) mass is 194 g/mol. The van der Waals surface area contributed by atoms with Gasteiger partial charge < -0.3 is 5.32 Å². The minimum atomic E-state index is -0.167. The number of nitrogens with one attached hydrogen (secondary N) is 1. The van der Waals surface area contributed by atoms with E-state index in [9.17, 15) is 4.79 Å². The molecule has 3 nitrogen and oxygen atoms in total. The molecule has 1 heterocycles. The molecule has 1 aliphatic rings. The summed E-state index contributed by atoms with van der Waals surface area (Å²) in [5.74, 6) is 5.33. The molecule has 0 bridgehead atoms. The first-order valence-electron chi connectivity index (χ1n) is 5.20. The van der Waals surface area contributed by atoms with Crippen LogP contribution in [-0.4, -0.2) is 36.5 Å². The van der Waals surface area contributed by atoms with Crippen molar-refractivity contribution in [3.05, 3.63) is 0 Å². The molecule has 0 saturated carbocycles. The fourth-order valence-electron chi connectivity index (χ4n) is 1.47. The van der Waals surface area contributed by atoms with Crippen LogP contribution in [0.4, 0.5) is 0 Å². The summed E-state index contributed by atoms with van der Waals surface area (Å²) in [5.41, 5.74) is 0. The van der Waals surface area contributed by atoms with E-state index < -0.39 is 0 Å². The molecular formula is C11H18N2O. The van der Waals surface area contributed by atoms with E-state index in [0.29, 0.717) is 0 Å². The molecule has 3 heteroatoms. The number of likely N-dealkylation sites (tertiary alicyclic amines) is 1. The molecule has 0 spiro atoms. The Kier molecular flexibility index (Phi) is 4.48. The lowest BCUT2D eigenvalue weighted by Gasteiger charge is -2.08. The van der Waals surface area contributed by atoms with E-state index in [0.717, 1.165) is 19.6 Å². The van der Waals surface area contributed by atoms with Gasteiger partial charge in [0.2, 0.25) is 0 Å². The Balaban J connectivity index is 2.21. The van der Waals surface area contributed by atoms with Crippen molar-refractivity contribution in [1.82, 2.24) is 10.2 Å². The Morgan fingerprint density at radius 1 is 1.43 bits per heavy atom. The first kappa shape index (κ1) is 11.1. The molecule has 1 aliphatic heterocycles. The molecule has 0 radical (unpaired) electrons. The van der Waals surface area contributed by atoms with Gasteiger partial charge in [-0.05, 0) is 45.7 Å². The summed E-state index contributed by atoms with van der Waals surface area (Å²) >= 11 is 0. The lowest BCUT2D eigenvalue weighted by molar-refractivity contribution is -0.116. The molecule has 1 amide bonds. The fourth-order valence-corrected chi connectivity index (χ4v) is 1.47. The molecule has 0 atom stereocenters. The highest BCUT2D eigenvalue weighted by Gasteiger charge is 2.08. The van der Waals surface area contributed by atoms with Crippen molar-refractivity contribution in [1.29, 1.82) is 0 Å². The molecule has 1 N–H and O–H groups in total. The van der Waals surface area contributed by atoms with Gasteiger partial charge in [0, 0.05) is 6.04 Å². The Morgan fingerprint density at radius 3 is 2.64 bits per heavy atom. The molecule has 78 valence electrons. The highest BCUT2D eigenvalue weighted by atomic mass is 16.1. The van der Waals surface area contributed by atoms with E-state index in [2.05, 4.69) is 22.1 Å². The van der Waals surface area contributed by atoms with Crippen LogP contribution in [0.15, 0.2) is 0 Å². The minimum absolute atomic E-state index is 0.167. The molecule has 1 fully saturated rings. The standard InChI is InChI=1S/C11H18N2O/c1-10(2)12-11(14)6-5-9-13-7-3-4-8-13/h10H,3-4,7-9H2,1-2H3,(H,12,14). The van der Waals surface area contributed by atoms with E-state index in [1.54, 1.807) is 0 Å². The van der Waals surface area contributed by atoms with Gasteiger partial charge in [-0.3, -0.25) is 9.69 Å².